The normalized spacial score (nSPS) is 17.2. The Kier molecular flexibility index (Phi) is 6.11. The van der Waals surface area contributed by atoms with Crippen LogP contribution in [-0.2, 0) is 0 Å². The van der Waals surface area contributed by atoms with Gasteiger partial charge in [0.2, 0.25) is 0 Å². The molecule has 0 unspecified atom stereocenters. The van der Waals surface area contributed by atoms with Gasteiger partial charge in [-0.2, -0.15) is 0 Å². The maximum absolute atomic E-state index is 8.90. The van der Waals surface area contributed by atoms with E-state index in [2.05, 4.69) is 9.80 Å². The van der Waals surface area contributed by atoms with Gasteiger partial charge in [0.25, 0.3) is 0 Å². The highest BCUT2D eigenvalue weighted by molar-refractivity contribution is 5.41. The van der Waals surface area contributed by atoms with Crippen LogP contribution in [0.4, 0.5) is 5.69 Å². The van der Waals surface area contributed by atoms with Gasteiger partial charge < -0.3 is 20.5 Å². The van der Waals surface area contributed by atoms with E-state index in [1.54, 1.807) is 0 Å². The third-order valence-corrected chi connectivity index (χ3v) is 3.65. The first-order chi connectivity index (χ1) is 9.78. The van der Waals surface area contributed by atoms with Gasteiger partial charge >= 0.3 is 0 Å². The third-order valence-electron chi connectivity index (χ3n) is 3.65. The molecule has 0 bridgehead atoms. The van der Waals surface area contributed by atoms with Crippen LogP contribution in [0.2, 0.25) is 0 Å². The lowest BCUT2D eigenvalue weighted by atomic mass is 10.3. The van der Waals surface area contributed by atoms with E-state index in [1.165, 1.54) is 0 Å². The average molecular weight is 279 g/mol. The molecule has 0 amide bonds. The van der Waals surface area contributed by atoms with Crippen molar-refractivity contribution in [3.05, 3.63) is 24.3 Å². The molecule has 1 aliphatic heterocycles. The van der Waals surface area contributed by atoms with E-state index in [9.17, 15) is 0 Å². The number of nitrogens with zero attached hydrogens (tertiary/aromatic N) is 2. The summed E-state index contributed by atoms with van der Waals surface area (Å²) in [5.74, 6) is 0.881. The van der Waals surface area contributed by atoms with Gasteiger partial charge in [-0.25, -0.2) is 0 Å². The standard InChI is InChI=1S/C15H25N3O2/c16-14-2-4-15(5-3-14)20-13-1-6-17-7-9-18(10-8-17)11-12-19/h2-5,19H,1,6-13,16H2. The SMILES string of the molecule is Nc1ccc(OCCCN2CCN(CCO)CC2)cc1. The van der Waals surface area contributed by atoms with Crippen molar-refractivity contribution < 1.29 is 9.84 Å². The minimum atomic E-state index is 0.259. The number of nitrogen functional groups attached to an aromatic ring is 1. The van der Waals surface area contributed by atoms with Crippen LogP contribution < -0.4 is 10.5 Å². The van der Waals surface area contributed by atoms with E-state index in [0.29, 0.717) is 0 Å². The van der Waals surface area contributed by atoms with Crippen LogP contribution in [0.5, 0.6) is 5.75 Å². The summed E-state index contributed by atoms with van der Waals surface area (Å²) < 4.78 is 5.69. The molecule has 1 aliphatic rings. The molecule has 0 radical (unpaired) electrons. The van der Waals surface area contributed by atoms with Crippen LogP contribution >= 0.6 is 0 Å². The summed E-state index contributed by atoms with van der Waals surface area (Å²) in [6.45, 7) is 7.15. The van der Waals surface area contributed by atoms with Crippen molar-refractivity contribution >= 4 is 5.69 Å². The van der Waals surface area contributed by atoms with E-state index < -0.39 is 0 Å². The second-order valence-electron chi connectivity index (χ2n) is 5.18. The first-order valence-corrected chi connectivity index (χ1v) is 7.32. The van der Waals surface area contributed by atoms with Gasteiger partial charge in [-0.05, 0) is 30.7 Å². The molecule has 1 fully saturated rings. The zero-order valence-corrected chi connectivity index (χ0v) is 12.0. The van der Waals surface area contributed by atoms with E-state index in [1.807, 2.05) is 24.3 Å². The molecule has 2 rings (SSSR count). The number of nitrogens with two attached hydrogens (primary N) is 1. The molecule has 1 heterocycles. The molecular formula is C15H25N3O2. The van der Waals surface area contributed by atoms with Gasteiger partial charge in [0.1, 0.15) is 5.75 Å². The van der Waals surface area contributed by atoms with Crippen LogP contribution in [0.15, 0.2) is 24.3 Å². The van der Waals surface area contributed by atoms with Crippen LogP contribution in [-0.4, -0.2) is 67.4 Å². The molecule has 0 atom stereocenters. The Balaban J connectivity index is 1.56. The maximum Gasteiger partial charge on any atom is 0.119 e. The smallest absolute Gasteiger partial charge is 0.119 e. The summed E-state index contributed by atoms with van der Waals surface area (Å²) in [6, 6.07) is 7.53. The Morgan fingerprint density at radius 3 is 2.20 bits per heavy atom. The molecule has 1 aromatic rings. The Morgan fingerprint density at radius 1 is 1.00 bits per heavy atom. The Morgan fingerprint density at radius 2 is 1.60 bits per heavy atom. The molecule has 1 aromatic carbocycles. The number of aliphatic hydroxyl groups is 1. The van der Waals surface area contributed by atoms with Crippen molar-refractivity contribution in [1.82, 2.24) is 9.80 Å². The minimum Gasteiger partial charge on any atom is -0.494 e. The summed E-state index contributed by atoms with van der Waals surface area (Å²) in [4.78, 5) is 4.77. The minimum absolute atomic E-state index is 0.259. The quantitative estimate of drug-likeness (QED) is 0.567. The molecule has 0 aliphatic carbocycles. The maximum atomic E-state index is 8.90. The molecule has 20 heavy (non-hydrogen) atoms. The third kappa shape index (κ3) is 5.00. The monoisotopic (exact) mass is 279 g/mol. The number of β-amino-alcohol motifs (C(OH)–C–C–N with tert-alkyl or cyclic N) is 1. The number of benzene rings is 1. The average Bonchev–Trinajstić information content (AvgIpc) is 2.47. The summed E-state index contributed by atoms with van der Waals surface area (Å²) in [5.41, 5.74) is 6.39. The zero-order chi connectivity index (χ0) is 14.2. The van der Waals surface area contributed by atoms with Crippen molar-refractivity contribution in [2.24, 2.45) is 0 Å². The Labute approximate surface area is 120 Å². The van der Waals surface area contributed by atoms with Crippen molar-refractivity contribution in [2.45, 2.75) is 6.42 Å². The zero-order valence-electron chi connectivity index (χ0n) is 12.0. The fourth-order valence-corrected chi connectivity index (χ4v) is 2.42. The number of rotatable bonds is 7. The van der Waals surface area contributed by atoms with Gasteiger partial charge in [0, 0.05) is 45.0 Å². The molecule has 112 valence electrons. The van der Waals surface area contributed by atoms with Gasteiger partial charge in [-0.1, -0.05) is 0 Å². The van der Waals surface area contributed by atoms with Gasteiger partial charge in [0.15, 0.2) is 0 Å². The van der Waals surface area contributed by atoms with E-state index in [4.69, 9.17) is 15.6 Å². The molecule has 0 saturated carbocycles. The first kappa shape index (κ1) is 15.1. The van der Waals surface area contributed by atoms with Gasteiger partial charge in [-0.15, -0.1) is 0 Å². The second kappa shape index (κ2) is 8.09. The van der Waals surface area contributed by atoms with Crippen LogP contribution in [0.3, 0.4) is 0 Å². The van der Waals surface area contributed by atoms with Gasteiger partial charge in [-0.3, -0.25) is 4.90 Å². The fraction of sp³-hybridized carbons (Fsp3) is 0.600. The lowest BCUT2D eigenvalue weighted by Crippen LogP contribution is -2.47. The summed E-state index contributed by atoms with van der Waals surface area (Å²) in [7, 11) is 0. The van der Waals surface area contributed by atoms with E-state index in [0.717, 1.165) is 63.7 Å². The summed E-state index contributed by atoms with van der Waals surface area (Å²) in [5, 5.41) is 8.90. The largest absolute Gasteiger partial charge is 0.494 e. The van der Waals surface area contributed by atoms with Crippen molar-refractivity contribution in [1.29, 1.82) is 0 Å². The number of aliphatic hydroxyl groups excluding tert-OH is 1. The Hall–Kier alpha value is -1.30. The number of hydrogen-bond donors (Lipinski definition) is 2. The fourth-order valence-electron chi connectivity index (χ4n) is 2.42. The first-order valence-electron chi connectivity index (χ1n) is 7.32. The number of anilines is 1. The molecule has 3 N–H and O–H groups in total. The predicted octanol–water partition coefficient (Wildman–Crippen LogP) is 0.648. The summed E-state index contributed by atoms with van der Waals surface area (Å²) in [6.07, 6.45) is 1.03. The highest BCUT2D eigenvalue weighted by Gasteiger charge is 2.15. The number of ether oxygens (including phenoxy) is 1. The van der Waals surface area contributed by atoms with Crippen LogP contribution in [0.1, 0.15) is 6.42 Å². The topological polar surface area (TPSA) is 62.0 Å². The van der Waals surface area contributed by atoms with Crippen LogP contribution in [0, 0.1) is 0 Å². The van der Waals surface area contributed by atoms with Crippen LogP contribution in [0.25, 0.3) is 0 Å². The molecular weight excluding hydrogens is 254 g/mol. The molecule has 1 saturated heterocycles. The predicted molar refractivity (Wildman–Crippen MR) is 80.9 cm³/mol. The van der Waals surface area contributed by atoms with E-state index >= 15 is 0 Å². The lowest BCUT2D eigenvalue weighted by Gasteiger charge is -2.34. The van der Waals surface area contributed by atoms with Crippen molar-refractivity contribution in [2.75, 3.05) is 58.2 Å². The highest BCUT2D eigenvalue weighted by atomic mass is 16.5. The second-order valence-corrected chi connectivity index (χ2v) is 5.18. The molecule has 0 aromatic heterocycles. The van der Waals surface area contributed by atoms with Gasteiger partial charge in [0.05, 0.1) is 13.2 Å². The molecule has 0 spiro atoms. The molecule has 5 nitrogen and oxygen atoms in total. The Bertz CT molecular complexity index is 375. The number of piperazine rings is 1. The van der Waals surface area contributed by atoms with Crippen molar-refractivity contribution in [3.63, 3.8) is 0 Å². The number of hydrogen-bond acceptors (Lipinski definition) is 5. The van der Waals surface area contributed by atoms with Crippen molar-refractivity contribution in [3.8, 4) is 5.75 Å². The summed E-state index contributed by atoms with van der Waals surface area (Å²) >= 11 is 0. The van der Waals surface area contributed by atoms with E-state index in [-0.39, 0.29) is 6.61 Å². The lowest BCUT2D eigenvalue weighted by molar-refractivity contribution is 0.108. The molecule has 5 heteroatoms. The highest BCUT2D eigenvalue weighted by Crippen LogP contribution is 2.13.